The maximum atomic E-state index is 12.6. The molecule has 102 valence electrons. The Labute approximate surface area is 129 Å². The van der Waals surface area contributed by atoms with Gasteiger partial charge >= 0.3 is 0 Å². The Kier molecular flexibility index (Phi) is 3.17. The molecule has 0 unspecified atom stereocenters. The molecule has 3 rings (SSSR count). The topological polar surface area (TPSA) is 78.0 Å². The van der Waals surface area contributed by atoms with Crippen LogP contribution < -0.4 is 5.73 Å². The second-order valence-electron chi connectivity index (χ2n) is 4.21. The molecular weight excluding hydrogens is 389 g/mol. The summed E-state index contributed by atoms with van der Waals surface area (Å²) < 4.78 is 27.0. The zero-order valence-corrected chi connectivity index (χ0v) is 13.2. The molecule has 0 amide bonds. The van der Waals surface area contributed by atoms with Crippen molar-refractivity contribution in [2.45, 2.75) is 4.90 Å². The lowest BCUT2D eigenvalue weighted by molar-refractivity contribution is 0.582. The van der Waals surface area contributed by atoms with Crippen LogP contribution in [0, 0.1) is 3.57 Å². The fourth-order valence-electron chi connectivity index (χ4n) is 1.95. The van der Waals surface area contributed by atoms with Crippen LogP contribution in [0.15, 0.2) is 53.6 Å². The number of rotatable bonds is 2. The summed E-state index contributed by atoms with van der Waals surface area (Å²) in [7, 11) is -3.69. The minimum Gasteiger partial charge on any atom is -0.398 e. The van der Waals surface area contributed by atoms with Crippen molar-refractivity contribution in [2.24, 2.45) is 0 Å². The molecule has 0 fully saturated rings. The second kappa shape index (κ2) is 4.74. The van der Waals surface area contributed by atoms with Crippen LogP contribution in [0.4, 0.5) is 5.69 Å². The molecule has 0 atom stereocenters. The molecule has 2 N–H and O–H groups in total. The molecule has 0 bridgehead atoms. The summed E-state index contributed by atoms with van der Waals surface area (Å²) in [6.07, 6.45) is 1.52. The van der Waals surface area contributed by atoms with E-state index in [1.54, 1.807) is 42.5 Å². The molecule has 0 aliphatic carbocycles. The Morgan fingerprint density at radius 2 is 1.80 bits per heavy atom. The normalized spacial score (nSPS) is 11.8. The summed E-state index contributed by atoms with van der Waals surface area (Å²) >= 11 is 2.09. The third-order valence-electron chi connectivity index (χ3n) is 2.95. The number of aromatic nitrogens is 2. The average Bonchev–Trinajstić information content (AvgIpc) is 2.89. The third kappa shape index (κ3) is 1.97. The van der Waals surface area contributed by atoms with E-state index in [9.17, 15) is 8.42 Å². The van der Waals surface area contributed by atoms with Gasteiger partial charge in [0, 0.05) is 14.6 Å². The largest absolute Gasteiger partial charge is 0.398 e. The number of anilines is 1. The standard InChI is InChI=1S/C13H10IN3O2S/c14-13-10-8-16-17(12(10)7-6-11(13)15)20(18,19)9-4-2-1-3-5-9/h1-8H,15H2. The smallest absolute Gasteiger partial charge is 0.283 e. The van der Waals surface area contributed by atoms with Crippen LogP contribution in [-0.2, 0) is 10.0 Å². The first-order chi connectivity index (χ1) is 9.51. The van der Waals surface area contributed by atoms with Gasteiger partial charge in [0.2, 0.25) is 0 Å². The molecule has 0 aliphatic heterocycles. The quantitative estimate of drug-likeness (QED) is 0.531. The molecule has 5 nitrogen and oxygen atoms in total. The van der Waals surface area contributed by atoms with Crippen LogP contribution in [0.1, 0.15) is 0 Å². The predicted molar refractivity (Wildman–Crippen MR) is 85.9 cm³/mol. The van der Waals surface area contributed by atoms with Crippen molar-refractivity contribution in [2.75, 3.05) is 5.73 Å². The van der Waals surface area contributed by atoms with E-state index in [1.807, 2.05) is 0 Å². The maximum absolute atomic E-state index is 12.6. The minimum atomic E-state index is -3.69. The van der Waals surface area contributed by atoms with Crippen molar-refractivity contribution < 1.29 is 8.42 Å². The lowest BCUT2D eigenvalue weighted by Gasteiger charge is -2.06. The predicted octanol–water partition coefficient (Wildman–Crippen LogP) is 2.46. The fourth-order valence-corrected chi connectivity index (χ4v) is 3.83. The summed E-state index contributed by atoms with van der Waals surface area (Å²) in [6, 6.07) is 11.6. The van der Waals surface area contributed by atoms with E-state index in [0.717, 1.165) is 13.0 Å². The van der Waals surface area contributed by atoms with Crippen molar-refractivity contribution in [3.63, 3.8) is 0 Å². The van der Waals surface area contributed by atoms with Gasteiger partial charge in [-0.3, -0.25) is 0 Å². The van der Waals surface area contributed by atoms with Gasteiger partial charge < -0.3 is 5.73 Å². The van der Waals surface area contributed by atoms with Gasteiger partial charge in [0.15, 0.2) is 0 Å². The minimum absolute atomic E-state index is 0.205. The van der Waals surface area contributed by atoms with Crippen LogP contribution in [0.2, 0.25) is 0 Å². The van der Waals surface area contributed by atoms with Gasteiger partial charge in [-0.1, -0.05) is 18.2 Å². The maximum Gasteiger partial charge on any atom is 0.283 e. The summed E-state index contributed by atoms with van der Waals surface area (Å²) in [6.45, 7) is 0. The molecule has 0 saturated heterocycles. The van der Waals surface area contributed by atoms with Gasteiger partial charge in [-0.15, -0.1) is 0 Å². The first kappa shape index (κ1) is 13.4. The molecule has 1 heterocycles. The van der Waals surface area contributed by atoms with E-state index in [2.05, 4.69) is 27.7 Å². The highest BCUT2D eigenvalue weighted by atomic mass is 127. The number of halogens is 1. The summed E-state index contributed by atoms with van der Waals surface area (Å²) in [5.74, 6) is 0. The molecule has 0 radical (unpaired) electrons. The molecule has 0 aliphatic rings. The molecule has 1 aromatic heterocycles. The molecule has 0 spiro atoms. The Balaban J connectivity index is 2.29. The van der Waals surface area contributed by atoms with Gasteiger partial charge in [0.1, 0.15) is 0 Å². The lowest BCUT2D eigenvalue weighted by atomic mass is 10.2. The van der Waals surface area contributed by atoms with E-state index in [4.69, 9.17) is 5.73 Å². The second-order valence-corrected chi connectivity index (χ2v) is 7.05. The summed E-state index contributed by atoms with van der Waals surface area (Å²) in [4.78, 5) is 0.205. The number of nitrogens with two attached hydrogens (primary N) is 1. The number of fused-ring (bicyclic) bond motifs is 1. The molecule has 7 heteroatoms. The first-order valence-electron chi connectivity index (χ1n) is 5.74. The van der Waals surface area contributed by atoms with Crippen LogP contribution in [0.3, 0.4) is 0 Å². The Bertz CT molecular complexity index is 889. The van der Waals surface area contributed by atoms with Gasteiger partial charge in [-0.25, -0.2) is 0 Å². The van der Waals surface area contributed by atoms with Crippen molar-refractivity contribution in [1.82, 2.24) is 9.19 Å². The van der Waals surface area contributed by atoms with Crippen molar-refractivity contribution in [3.8, 4) is 0 Å². The number of hydrogen-bond acceptors (Lipinski definition) is 4. The van der Waals surface area contributed by atoms with Crippen LogP contribution in [0.25, 0.3) is 10.9 Å². The Morgan fingerprint density at radius 1 is 1.10 bits per heavy atom. The van der Waals surface area contributed by atoms with Crippen LogP contribution in [0.5, 0.6) is 0 Å². The highest BCUT2D eigenvalue weighted by Crippen LogP contribution is 2.27. The van der Waals surface area contributed by atoms with Gasteiger partial charge in [0.05, 0.1) is 16.6 Å². The van der Waals surface area contributed by atoms with Gasteiger partial charge in [-0.2, -0.15) is 17.6 Å². The van der Waals surface area contributed by atoms with Crippen molar-refractivity contribution >= 4 is 49.2 Å². The molecule has 3 aromatic rings. The molecular formula is C13H10IN3O2S. The van der Waals surface area contributed by atoms with E-state index in [-0.39, 0.29) is 4.90 Å². The Hall–Kier alpha value is -1.61. The van der Waals surface area contributed by atoms with Crippen LogP contribution in [-0.4, -0.2) is 17.6 Å². The monoisotopic (exact) mass is 399 g/mol. The van der Waals surface area contributed by atoms with Crippen molar-refractivity contribution in [3.05, 3.63) is 52.2 Å². The molecule has 2 aromatic carbocycles. The lowest BCUT2D eigenvalue weighted by Crippen LogP contribution is -2.14. The zero-order chi connectivity index (χ0) is 14.3. The number of hydrogen-bond donors (Lipinski definition) is 1. The highest BCUT2D eigenvalue weighted by molar-refractivity contribution is 14.1. The highest BCUT2D eigenvalue weighted by Gasteiger charge is 2.21. The molecule has 0 saturated carbocycles. The number of benzene rings is 2. The number of nitrogens with zero attached hydrogens (tertiary/aromatic N) is 2. The van der Waals surface area contributed by atoms with E-state index in [0.29, 0.717) is 11.2 Å². The average molecular weight is 399 g/mol. The van der Waals surface area contributed by atoms with E-state index >= 15 is 0 Å². The summed E-state index contributed by atoms with van der Waals surface area (Å²) in [5, 5.41) is 4.74. The van der Waals surface area contributed by atoms with Gasteiger partial charge in [-0.05, 0) is 46.9 Å². The van der Waals surface area contributed by atoms with Crippen molar-refractivity contribution in [1.29, 1.82) is 0 Å². The first-order valence-corrected chi connectivity index (χ1v) is 8.26. The zero-order valence-electron chi connectivity index (χ0n) is 10.2. The SMILES string of the molecule is Nc1ccc2c(cnn2S(=O)(=O)c2ccccc2)c1I. The number of nitrogen functional groups attached to an aromatic ring is 1. The van der Waals surface area contributed by atoms with Gasteiger partial charge in [0.25, 0.3) is 10.0 Å². The van der Waals surface area contributed by atoms with Crippen LogP contribution >= 0.6 is 22.6 Å². The third-order valence-corrected chi connectivity index (χ3v) is 5.77. The fraction of sp³-hybridized carbons (Fsp3) is 0. The summed E-state index contributed by atoms with van der Waals surface area (Å²) in [5.41, 5.74) is 6.95. The van der Waals surface area contributed by atoms with E-state index < -0.39 is 10.0 Å². The van der Waals surface area contributed by atoms with E-state index in [1.165, 1.54) is 6.20 Å². The molecule has 20 heavy (non-hydrogen) atoms. The Morgan fingerprint density at radius 3 is 2.50 bits per heavy atom.